The number of carbonyl (C=O) groups is 2. The molecule has 0 aromatic heterocycles. The number of hydrogen-bond donors (Lipinski definition) is 1. The molecule has 0 aliphatic carbocycles. The Morgan fingerprint density at radius 1 is 1.50 bits per heavy atom. The molecule has 0 aromatic rings. The molecule has 0 fully saturated rings. The molecule has 0 saturated carbocycles. The molecule has 0 atom stereocenters. The fourth-order valence-corrected chi connectivity index (χ4v) is 0.759. The van der Waals surface area contributed by atoms with Crippen LogP contribution in [0.3, 0.4) is 0 Å². The summed E-state index contributed by atoms with van der Waals surface area (Å²) in [5, 5.41) is -0.553. The van der Waals surface area contributed by atoms with Gasteiger partial charge in [0, 0.05) is 0 Å². The van der Waals surface area contributed by atoms with Gasteiger partial charge in [-0.1, -0.05) is 0 Å². The maximum Gasteiger partial charge on any atom is 0.327 e. The summed E-state index contributed by atoms with van der Waals surface area (Å²) in [6.45, 7) is 0. The molecule has 0 unspecified atom stereocenters. The molecule has 1 heterocycles. The Balaban J connectivity index is 2.85. The number of amides is 1. The van der Waals surface area contributed by atoms with Gasteiger partial charge < -0.3 is 5.73 Å². The molecular weight excluding hydrogens is 128 g/mol. The van der Waals surface area contributed by atoms with Crippen LogP contribution in [-0.2, 0) is 9.59 Å². The average molecular weight is 130 g/mol. The van der Waals surface area contributed by atoms with E-state index < -0.39 is 11.0 Å². The molecule has 0 radical (unpaired) electrons. The molecule has 0 saturated heterocycles. The molecule has 1 rings (SSSR count). The first-order chi connectivity index (χ1) is 3.70. The summed E-state index contributed by atoms with van der Waals surface area (Å²) in [6.07, 6.45) is 0. The van der Waals surface area contributed by atoms with Crippen molar-refractivity contribution in [1.29, 1.82) is 0 Å². The minimum Gasteiger partial charge on any atom is -0.378 e. The number of aliphatic imine (C=N–C) groups is 1. The van der Waals surface area contributed by atoms with Gasteiger partial charge in [-0.2, -0.15) is 4.99 Å². The van der Waals surface area contributed by atoms with Crippen LogP contribution in [0.1, 0.15) is 0 Å². The van der Waals surface area contributed by atoms with E-state index in [1.54, 1.807) is 0 Å². The molecule has 4 nitrogen and oxygen atoms in total. The third kappa shape index (κ3) is 0.717. The van der Waals surface area contributed by atoms with Crippen LogP contribution in [0.2, 0.25) is 0 Å². The first kappa shape index (κ1) is 5.30. The van der Waals surface area contributed by atoms with Gasteiger partial charge in [-0.15, -0.1) is 0 Å². The molecule has 0 spiro atoms. The van der Waals surface area contributed by atoms with Crippen molar-refractivity contribution < 1.29 is 9.59 Å². The third-order valence-corrected chi connectivity index (χ3v) is 1.24. The Bertz CT molecular complexity index is 186. The van der Waals surface area contributed by atoms with E-state index in [0.717, 1.165) is 0 Å². The van der Waals surface area contributed by atoms with Crippen molar-refractivity contribution in [3.63, 3.8) is 0 Å². The van der Waals surface area contributed by atoms with E-state index in [1.165, 1.54) is 0 Å². The fraction of sp³-hybridized carbons (Fsp3) is 0. The normalized spacial score (nSPS) is 19.2. The van der Waals surface area contributed by atoms with E-state index in [4.69, 9.17) is 5.73 Å². The summed E-state index contributed by atoms with van der Waals surface area (Å²) in [5.41, 5.74) is 4.99. The number of hydrogen-bond acceptors (Lipinski definition) is 4. The Morgan fingerprint density at radius 2 is 2.12 bits per heavy atom. The van der Waals surface area contributed by atoms with Crippen LogP contribution in [0.25, 0.3) is 0 Å². The number of carbonyl (C=O) groups excluding carboxylic acids is 2. The fourth-order valence-electron chi connectivity index (χ4n) is 0.307. The molecule has 2 N–H and O–H groups in total. The average Bonchev–Trinajstić information content (AvgIpc) is 1.85. The number of thioether (sulfide) groups is 1. The van der Waals surface area contributed by atoms with Crippen molar-refractivity contribution in [1.82, 2.24) is 0 Å². The summed E-state index contributed by atoms with van der Waals surface area (Å²) < 4.78 is 0. The predicted molar refractivity (Wildman–Crippen MR) is 29.2 cm³/mol. The van der Waals surface area contributed by atoms with Gasteiger partial charge in [-0.05, 0) is 11.8 Å². The van der Waals surface area contributed by atoms with Gasteiger partial charge in [-0.25, -0.2) is 0 Å². The molecule has 0 bridgehead atoms. The topological polar surface area (TPSA) is 72.5 Å². The number of amidine groups is 1. The highest BCUT2D eigenvalue weighted by Gasteiger charge is 2.22. The van der Waals surface area contributed by atoms with Crippen LogP contribution >= 0.6 is 11.8 Å². The van der Waals surface area contributed by atoms with E-state index in [1.807, 2.05) is 0 Å². The Morgan fingerprint density at radius 3 is 2.25 bits per heavy atom. The molecule has 8 heavy (non-hydrogen) atoms. The Kier molecular flexibility index (Phi) is 1.05. The number of nitrogens with two attached hydrogens (primary N) is 1. The molecule has 1 amide bonds. The SMILES string of the molecule is NC1=NC(=O)C(=O)S1. The summed E-state index contributed by atoms with van der Waals surface area (Å²) in [6, 6.07) is 0. The Labute approximate surface area is 49.1 Å². The van der Waals surface area contributed by atoms with Crippen LogP contribution in [0.4, 0.5) is 0 Å². The lowest BCUT2D eigenvalue weighted by molar-refractivity contribution is -0.130. The number of rotatable bonds is 0. The predicted octanol–water partition coefficient (Wildman–Crippen LogP) is -0.899. The van der Waals surface area contributed by atoms with Gasteiger partial charge in [0.1, 0.15) is 0 Å². The second-order valence-corrected chi connectivity index (χ2v) is 2.14. The van der Waals surface area contributed by atoms with Gasteiger partial charge in [0.05, 0.1) is 0 Å². The highest BCUT2D eigenvalue weighted by molar-refractivity contribution is 8.28. The van der Waals surface area contributed by atoms with Crippen LogP contribution in [0.5, 0.6) is 0 Å². The second-order valence-electron chi connectivity index (χ2n) is 1.14. The summed E-state index contributed by atoms with van der Waals surface area (Å²) in [5.74, 6) is -0.757. The van der Waals surface area contributed by atoms with E-state index in [2.05, 4.69) is 4.99 Å². The Hall–Kier alpha value is -0.840. The second kappa shape index (κ2) is 1.59. The maximum atomic E-state index is 10.2. The largest absolute Gasteiger partial charge is 0.378 e. The van der Waals surface area contributed by atoms with Crippen molar-refractivity contribution in [2.75, 3.05) is 0 Å². The van der Waals surface area contributed by atoms with Crippen LogP contribution in [-0.4, -0.2) is 16.2 Å². The van der Waals surface area contributed by atoms with Crippen molar-refractivity contribution in [3.8, 4) is 0 Å². The van der Waals surface area contributed by atoms with Gasteiger partial charge in [-0.3, -0.25) is 9.59 Å². The molecule has 5 heteroatoms. The van der Waals surface area contributed by atoms with Crippen LogP contribution in [0.15, 0.2) is 4.99 Å². The van der Waals surface area contributed by atoms with Gasteiger partial charge in [0.15, 0.2) is 5.17 Å². The van der Waals surface area contributed by atoms with Crippen molar-refractivity contribution in [2.45, 2.75) is 0 Å². The summed E-state index contributed by atoms with van der Waals surface area (Å²) in [4.78, 5) is 23.5. The molecule has 1 aliphatic rings. The molecular formula is C3H2N2O2S. The van der Waals surface area contributed by atoms with Crippen molar-refractivity contribution in [3.05, 3.63) is 0 Å². The minimum absolute atomic E-state index is 0.0417. The zero-order valence-electron chi connectivity index (χ0n) is 3.75. The highest BCUT2D eigenvalue weighted by atomic mass is 32.2. The first-order valence-corrected chi connectivity index (χ1v) is 2.62. The standard InChI is InChI=1S/C3H2N2O2S/c4-3-5-1(6)2(7)8-3/h(H2,4,5,6). The van der Waals surface area contributed by atoms with Crippen LogP contribution < -0.4 is 5.73 Å². The number of nitrogens with zero attached hydrogens (tertiary/aromatic N) is 1. The monoisotopic (exact) mass is 130 g/mol. The lowest BCUT2D eigenvalue weighted by Crippen LogP contribution is -2.02. The van der Waals surface area contributed by atoms with Gasteiger partial charge >= 0.3 is 5.91 Å². The van der Waals surface area contributed by atoms with Crippen LogP contribution in [0, 0.1) is 0 Å². The lowest BCUT2D eigenvalue weighted by Gasteiger charge is -1.75. The van der Waals surface area contributed by atoms with E-state index in [9.17, 15) is 9.59 Å². The molecule has 42 valence electrons. The van der Waals surface area contributed by atoms with E-state index >= 15 is 0 Å². The highest BCUT2D eigenvalue weighted by Crippen LogP contribution is 2.10. The zero-order chi connectivity index (χ0) is 6.15. The molecule has 1 aliphatic heterocycles. The summed E-state index contributed by atoms with van der Waals surface area (Å²) in [7, 11) is 0. The van der Waals surface area contributed by atoms with Crippen molar-refractivity contribution in [2.24, 2.45) is 10.7 Å². The summed E-state index contributed by atoms with van der Waals surface area (Å²) >= 11 is 0.668. The van der Waals surface area contributed by atoms with Gasteiger partial charge in [0.2, 0.25) is 0 Å². The van der Waals surface area contributed by atoms with E-state index in [-0.39, 0.29) is 5.17 Å². The quantitative estimate of drug-likeness (QED) is 0.431. The van der Waals surface area contributed by atoms with E-state index in [0.29, 0.717) is 11.8 Å². The van der Waals surface area contributed by atoms with Gasteiger partial charge in [0.25, 0.3) is 5.12 Å². The maximum absolute atomic E-state index is 10.2. The zero-order valence-corrected chi connectivity index (χ0v) is 4.57. The first-order valence-electron chi connectivity index (χ1n) is 1.80. The third-order valence-electron chi connectivity index (χ3n) is 0.584. The lowest BCUT2D eigenvalue weighted by atomic mass is 10.7. The molecule has 0 aromatic carbocycles. The smallest absolute Gasteiger partial charge is 0.327 e. The van der Waals surface area contributed by atoms with Crippen molar-refractivity contribution >= 4 is 28.0 Å². The minimum atomic E-state index is -0.757.